The van der Waals surface area contributed by atoms with Crippen molar-refractivity contribution in [2.45, 2.75) is 20.3 Å². The van der Waals surface area contributed by atoms with Crippen molar-refractivity contribution in [3.8, 4) is 0 Å². The van der Waals surface area contributed by atoms with Crippen LogP contribution in [0.15, 0.2) is 48.5 Å². The Bertz CT molecular complexity index is 824. The van der Waals surface area contributed by atoms with Gasteiger partial charge in [-0.05, 0) is 43.2 Å². The van der Waals surface area contributed by atoms with Gasteiger partial charge in [-0.2, -0.15) is 0 Å². The monoisotopic (exact) mass is 337 g/mol. The van der Waals surface area contributed by atoms with E-state index in [-0.39, 0.29) is 17.4 Å². The second kappa shape index (κ2) is 6.51. The smallest absolute Gasteiger partial charge is 0.335 e. The van der Waals surface area contributed by atoms with Crippen molar-refractivity contribution in [1.29, 1.82) is 0 Å². The number of carboxylic acid groups (broad SMARTS) is 1. The Balaban J connectivity index is 1.84. The number of anilines is 1. The summed E-state index contributed by atoms with van der Waals surface area (Å²) in [6, 6.07) is 13.7. The first-order valence-electron chi connectivity index (χ1n) is 8.15. The Morgan fingerprint density at radius 2 is 1.60 bits per heavy atom. The number of aromatic carboxylic acids is 1. The second-order valence-electron chi connectivity index (χ2n) is 6.45. The average Bonchev–Trinajstić information content (AvgIpc) is 2.80. The predicted molar refractivity (Wildman–Crippen MR) is 93.4 cm³/mol. The number of amides is 2. The molecule has 5 nitrogen and oxygen atoms in total. The molecule has 2 aromatic carbocycles. The molecule has 5 heteroatoms. The molecule has 2 amide bonds. The molecule has 0 radical (unpaired) electrons. The maximum Gasteiger partial charge on any atom is 0.335 e. The zero-order valence-electron chi connectivity index (χ0n) is 14.1. The third-order valence-electron chi connectivity index (χ3n) is 4.70. The average molecular weight is 337 g/mol. The van der Waals surface area contributed by atoms with Gasteiger partial charge in [0.2, 0.25) is 11.8 Å². The summed E-state index contributed by atoms with van der Waals surface area (Å²) in [6.45, 7) is 3.77. The van der Waals surface area contributed by atoms with E-state index in [1.54, 1.807) is 6.92 Å². The zero-order valence-corrected chi connectivity index (χ0v) is 14.1. The minimum atomic E-state index is -1.05. The number of aryl methyl sites for hydroxylation is 1. The van der Waals surface area contributed by atoms with E-state index >= 15 is 0 Å². The first-order valence-corrected chi connectivity index (χ1v) is 8.15. The van der Waals surface area contributed by atoms with E-state index < -0.39 is 17.8 Å². The molecule has 1 N–H and O–H groups in total. The standard InChI is InChI=1S/C20H19NO4/c1-12-3-5-14(6-4-12)11-17-13(2)18(22)21(19(17)23)16-9-7-15(8-10-16)20(24)25/h3-10,13,17H,11H2,1-2H3,(H,24,25). The Kier molecular flexibility index (Phi) is 4.40. The Labute approximate surface area is 145 Å². The quantitative estimate of drug-likeness (QED) is 0.870. The molecule has 0 aliphatic carbocycles. The number of hydrogen-bond donors (Lipinski definition) is 1. The number of benzene rings is 2. The lowest BCUT2D eigenvalue weighted by atomic mass is 9.90. The van der Waals surface area contributed by atoms with Gasteiger partial charge in [0.05, 0.1) is 17.2 Å². The van der Waals surface area contributed by atoms with Gasteiger partial charge in [0.1, 0.15) is 0 Å². The largest absolute Gasteiger partial charge is 0.478 e. The van der Waals surface area contributed by atoms with Gasteiger partial charge in [0.15, 0.2) is 0 Å². The van der Waals surface area contributed by atoms with Gasteiger partial charge >= 0.3 is 5.97 Å². The number of carbonyl (C=O) groups is 3. The Morgan fingerprint density at radius 1 is 1.00 bits per heavy atom. The molecule has 0 bridgehead atoms. The van der Waals surface area contributed by atoms with Crippen molar-refractivity contribution in [3.05, 3.63) is 65.2 Å². The van der Waals surface area contributed by atoms with Crippen molar-refractivity contribution in [1.82, 2.24) is 0 Å². The van der Waals surface area contributed by atoms with Gasteiger partial charge in [-0.25, -0.2) is 4.79 Å². The van der Waals surface area contributed by atoms with E-state index in [0.29, 0.717) is 12.1 Å². The van der Waals surface area contributed by atoms with E-state index in [1.807, 2.05) is 31.2 Å². The van der Waals surface area contributed by atoms with Crippen LogP contribution in [0.25, 0.3) is 0 Å². The minimum Gasteiger partial charge on any atom is -0.478 e. The van der Waals surface area contributed by atoms with Crippen LogP contribution in [0.2, 0.25) is 0 Å². The van der Waals surface area contributed by atoms with E-state index in [0.717, 1.165) is 11.1 Å². The third kappa shape index (κ3) is 3.18. The van der Waals surface area contributed by atoms with Gasteiger partial charge in [0, 0.05) is 5.92 Å². The van der Waals surface area contributed by atoms with Crippen molar-refractivity contribution in [3.63, 3.8) is 0 Å². The molecule has 128 valence electrons. The van der Waals surface area contributed by atoms with E-state index in [9.17, 15) is 14.4 Å². The van der Waals surface area contributed by atoms with E-state index in [4.69, 9.17) is 5.11 Å². The molecule has 2 unspecified atom stereocenters. The molecule has 2 atom stereocenters. The molecule has 0 saturated carbocycles. The first kappa shape index (κ1) is 16.9. The first-order chi connectivity index (χ1) is 11.9. The molecule has 0 aromatic heterocycles. The van der Waals surface area contributed by atoms with Crippen LogP contribution in [0.4, 0.5) is 5.69 Å². The van der Waals surface area contributed by atoms with Gasteiger partial charge in [0.25, 0.3) is 0 Å². The van der Waals surface area contributed by atoms with Crippen LogP contribution in [0.1, 0.15) is 28.4 Å². The van der Waals surface area contributed by atoms with Crippen LogP contribution in [-0.2, 0) is 16.0 Å². The Hall–Kier alpha value is -2.95. The molecular weight excluding hydrogens is 318 g/mol. The number of imide groups is 1. The number of carboxylic acids is 1. The van der Waals surface area contributed by atoms with E-state index in [1.165, 1.54) is 29.2 Å². The lowest BCUT2D eigenvalue weighted by Crippen LogP contribution is -2.31. The molecule has 1 heterocycles. The lowest BCUT2D eigenvalue weighted by molar-refractivity contribution is -0.122. The fourth-order valence-corrected chi connectivity index (χ4v) is 3.11. The summed E-state index contributed by atoms with van der Waals surface area (Å²) in [7, 11) is 0. The lowest BCUT2D eigenvalue weighted by Gasteiger charge is -2.15. The van der Waals surface area contributed by atoms with Crippen LogP contribution >= 0.6 is 0 Å². The number of rotatable bonds is 4. The number of hydrogen-bond acceptors (Lipinski definition) is 3. The summed E-state index contributed by atoms with van der Waals surface area (Å²) >= 11 is 0. The van der Waals surface area contributed by atoms with Crippen LogP contribution < -0.4 is 4.90 Å². The summed E-state index contributed by atoms with van der Waals surface area (Å²) in [5.41, 5.74) is 2.70. The topological polar surface area (TPSA) is 74.7 Å². The SMILES string of the molecule is Cc1ccc(CC2C(=O)N(c3ccc(C(=O)O)cc3)C(=O)C2C)cc1. The summed E-state index contributed by atoms with van der Waals surface area (Å²) in [6.07, 6.45) is 0.510. The molecule has 1 saturated heterocycles. The number of nitrogens with zero attached hydrogens (tertiary/aromatic N) is 1. The summed E-state index contributed by atoms with van der Waals surface area (Å²) in [4.78, 5) is 37.5. The second-order valence-corrected chi connectivity index (χ2v) is 6.45. The summed E-state index contributed by atoms with van der Waals surface area (Å²) in [5.74, 6) is -2.34. The maximum atomic E-state index is 12.8. The van der Waals surface area contributed by atoms with Crippen molar-refractivity contribution < 1.29 is 19.5 Å². The van der Waals surface area contributed by atoms with Crippen LogP contribution in [-0.4, -0.2) is 22.9 Å². The molecule has 25 heavy (non-hydrogen) atoms. The highest BCUT2D eigenvalue weighted by atomic mass is 16.4. The van der Waals surface area contributed by atoms with E-state index in [2.05, 4.69) is 0 Å². The third-order valence-corrected chi connectivity index (χ3v) is 4.70. The highest BCUT2D eigenvalue weighted by molar-refractivity contribution is 6.22. The number of carbonyl (C=O) groups excluding carboxylic acids is 2. The fourth-order valence-electron chi connectivity index (χ4n) is 3.11. The molecule has 1 fully saturated rings. The van der Waals surface area contributed by atoms with Gasteiger partial charge in [-0.15, -0.1) is 0 Å². The zero-order chi connectivity index (χ0) is 18.1. The summed E-state index contributed by atoms with van der Waals surface area (Å²) in [5, 5.41) is 8.97. The highest BCUT2D eigenvalue weighted by Crippen LogP contribution is 2.33. The van der Waals surface area contributed by atoms with Crippen LogP contribution in [0, 0.1) is 18.8 Å². The van der Waals surface area contributed by atoms with Gasteiger partial charge in [-0.1, -0.05) is 36.8 Å². The maximum absolute atomic E-state index is 12.8. The van der Waals surface area contributed by atoms with Crippen molar-refractivity contribution in [2.24, 2.45) is 11.8 Å². The molecule has 0 spiro atoms. The molecule has 2 aromatic rings. The van der Waals surface area contributed by atoms with Crippen LogP contribution in [0.3, 0.4) is 0 Å². The molecular formula is C20H19NO4. The normalized spacial score (nSPS) is 20.2. The Morgan fingerprint density at radius 3 is 2.16 bits per heavy atom. The predicted octanol–water partition coefficient (Wildman–Crippen LogP) is 3.06. The highest BCUT2D eigenvalue weighted by Gasteiger charge is 2.45. The summed E-state index contributed by atoms with van der Waals surface area (Å²) < 4.78 is 0. The fraction of sp³-hybridized carbons (Fsp3) is 0.250. The van der Waals surface area contributed by atoms with Crippen molar-refractivity contribution in [2.75, 3.05) is 4.90 Å². The van der Waals surface area contributed by atoms with Gasteiger partial charge < -0.3 is 5.11 Å². The molecule has 1 aliphatic heterocycles. The molecule has 1 aliphatic rings. The minimum absolute atomic E-state index is 0.118. The van der Waals surface area contributed by atoms with Crippen molar-refractivity contribution >= 4 is 23.5 Å². The molecule has 3 rings (SSSR count). The van der Waals surface area contributed by atoms with Gasteiger partial charge in [-0.3, -0.25) is 14.5 Å². The van der Waals surface area contributed by atoms with Crippen LogP contribution in [0.5, 0.6) is 0 Å².